The fourth-order valence-corrected chi connectivity index (χ4v) is 4.92. The van der Waals surface area contributed by atoms with Gasteiger partial charge in [0.05, 0.1) is 18.4 Å². The van der Waals surface area contributed by atoms with Crippen molar-refractivity contribution >= 4 is 29.0 Å². The summed E-state index contributed by atoms with van der Waals surface area (Å²) in [4.78, 5) is 45.9. The summed E-state index contributed by atoms with van der Waals surface area (Å²) < 4.78 is 5.19. The molecule has 0 aromatic heterocycles. The van der Waals surface area contributed by atoms with Gasteiger partial charge in [0.15, 0.2) is 5.54 Å². The first kappa shape index (κ1) is 24.2. The number of amides is 2. The van der Waals surface area contributed by atoms with E-state index in [-0.39, 0.29) is 18.7 Å². The van der Waals surface area contributed by atoms with Gasteiger partial charge in [0.25, 0.3) is 17.6 Å². The second-order valence-corrected chi connectivity index (χ2v) is 8.83. The van der Waals surface area contributed by atoms with Crippen molar-refractivity contribution < 1.29 is 24.2 Å². The van der Waals surface area contributed by atoms with E-state index in [1.54, 1.807) is 54.6 Å². The summed E-state index contributed by atoms with van der Waals surface area (Å²) in [7, 11) is 5.35. The fourth-order valence-electron chi connectivity index (χ4n) is 4.92. The van der Waals surface area contributed by atoms with E-state index < -0.39 is 28.9 Å². The first-order chi connectivity index (χ1) is 16.8. The maximum Gasteiger partial charge on any atom is 0.296 e. The SMILES string of the molecule is C=CCN1C(=O)C2(/C(=C(\O)c3ccc(OC)cc3)C(=O)C(=O)N2CCCN(C)C)c2ccccc21. The Hall–Kier alpha value is -3.91. The summed E-state index contributed by atoms with van der Waals surface area (Å²) in [5.74, 6) is -1.98. The summed E-state index contributed by atoms with van der Waals surface area (Å²) in [6, 6.07) is 13.5. The van der Waals surface area contributed by atoms with Crippen LogP contribution in [0.5, 0.6) is 5.75 Å². The summed E-state index contributed by atoms with van der Waals surface area (Å²) in [6.45, 7) is 4.79. The Morgan fingerprint density at radius 3 is 2.43 bits per heavy atom. The summed E-state index contributed by atoms with van der Waals surface area (Å²) in [5.41, 5.74) is -0.599. The minimum Gasteiger partial charge on any atom is -0.507 e. The van der Waals surface area contributed by atoms with Crippen LogP contribution in [0.2, 0.25) is 0 Å². The van der Waals surface area contributed by atoms with E-state index in [2.05, 4.69) is 6.58 Å². The standard InChI is InChI=1S/C27H29N3O5/c1-5-15-29-21-10-7-6-9-20(21)27(26(29)34)22(23(31)18-11-13-19(35-4)14-12-18)24(32)25(33)30(27)17-8-16-28(2)3/h5-7,9-14,31H,1,8,15-17H2,2-4H3/b23-22-. The maximum atomic E-state index is 14.2. The van der Waals surface area contributed by atoms with Gasteiger partial charge in [0, 0.05) is 24.2 Å². The lowest BCUT2D eigenvalue weighted by Gasteiger charge is -2.34. The molecule has 1 N–H and O–H groups in total. The molecule has 2 amide bonds. The fraction of sp³-hybridized carbons (Fsp3) is 0.296. The molecule has 0 bridgehead atoms. The molecule has 1 spiro atoms. The zero-order valence-corrected chi connectivity index (χ0v) is 20.2. The van der Waals surface area contributed by atoms with Crippen molar-refractivity contribution in [2.45, 2.75) is 12.0 Å². The number of carbonyl (C=O) groups is 3. The second-order valence-electron chi connectivity index (χ2n) is 8.83. The number of ether oxygens (including phenoxy) is 1. The van der Waals surface area contributed by atoms with Crippen LogP contribution < -0.4 is 9.64 Å². The van der Waals surface area contributed by atoms with Gasteiger partial charge in [0.2, 0.25) is 0 Å². The number of hydrogen-bond acceptors (Lipinski definition) is 6. The number of benzene rings is 2. The summed E-state index contributed by atoms with van der Waals surface area (Å²) >= 11 is 0. The predicted octanol–water partition coefficient (Wildman–Crippen LogP) is 2.76. The Labute approximate surface area is 204 Å². The Kier molecular flexibility index (Phi) is 6.49. The number of para-hydroxylation sites is 1. The molecule has 1 saturated heterocycles. The molecule has 2 aliphatic rings. The van der Waals surface area contributed by atoms with Crippen LogP contribution in [0.15, 0.2) is 66.8 Å². The van der Waals surface area contributed by atoms with Gasteiger partial charge < -0.3 is 24.5 Å². The van der Waals surface area contributed by atoms with E-state index in [4.69, 9.17) is 4.74 Å². The van der Waals surface area contributed by atoms with Crippen LogP contribution >= 0.6 is 0 Å². The molecule has 2 aromatic carbocycles. The molecular formula is C27H29N3O5. The highest BCUT2D eigenvalue weighted by Gasteiger charge is 2.66. The van der Waals surface area contributed by atoms with E-state index in [1.165, 1.54) is 16.9 Å². The Morgan fingerprint density at radius 1 is 1.11 bits per heavy atom. The highest BCUT2D eigenvalue weighted by atomic mass is 16.5. The molecule has 0 aliphatic carbocycles. The van der Waals surface area contributed by atoms with E-state index in [0.717, 1.165) is 0 Å². The molecule has 182 valence electrons. The number of Topliss-reactive ketones (excluding diaryl/α,β-unsaturated/α-hetero) is 1. The summed E-state index contributed by atoms with van der Waals surface area (Å²) in [6.07, 6.45) is 2.14. The molecule has 2 heterocycles. The lowest BCUT2D eigenvalue weighted by Crippen LogP contribution is -2.52. The van der Waals surface area contributed by atoms with Crippen LogP contribution in [0.4, 0.5) is 5.69 Å². The molecule has 1 fully saturated rings. The molecule has 35 heavy (non-hydrogen) atoms. The molecule has 8 nitrogen and oxygen atoms in total. The average Bonchev–Trinajstić information content (AvgIpc) is 3.23. The van der Waals surface area contributed by atoms with Gasteiger partial charge >= 0.3 is 0 Å². The van der Waals surface area contributed by atoms with Gasteiger partial charge in [-0.25, -0.2) is 0 Å². The van der Waals surface area contributed by atoms with Crippen molar-refractivity contribution in [3.63, 3.8) is 0 Å². The highest BCUT2D eigenvalue weighted by Crippen LogP contribution is 2.53. The number of aliphatic hydroxyl groups excluding tert-OH is 1. The minimum absolute atomic E-state index is 0.171. The third-order valence-corrected chi connectivity index (χ3v) is 6.47. The molecule has 8 heteroatoms. The van der Waals surface area contributed by atoms with Crippen LogP contribution in [0.25, 0.3) is 5.76 Å². The third-order valence-electron chi connectivity index (χ3n) is 6.47. The third kappa shape index (κ3) is 3.70. The molecule has 0 saturated carbocycles. The molecule has 4 rings (SSSR count). The van der Waals surface area contributed by atoms with Gasteiger partial charge in [-0.15, -0.1) is 6.58 Å². The quantitative estimate of drug-likeness (QED) is 0.273. The van der Waals surface area contributed by atoms with Crippen LogP contribution in [-0.4, -0.2) is 73.3 Å². The number of rotatable bonds is 8. The number of nitrogens with zero attached hydrogens (tertiary/aromatic N) is 3. The number of likely N-dealkylation sites (tertiary alicyclic amines) is 1. The lowest BCUT2D eigenvalue weighted by molar-refractivity contribution is -0.143. The Bertz CT molecular complexity index is 1220. The number of fused-ring (bicyclic) bond motifs is 2. The number of hydrogen-bond donors (Lipinski definition) is 1. The molecular weight excluding hydrogens is 446 g/mol. The number of ketones is 1. The smallest absolute Gasteiger partial charge is 0.296 e. The van der Waals surface area contributed by atoms with Gasteiger partial charge in [-0.1, -0.05) is 24.3 Å². The zero-order chi connectivity index (χ0) is 25.3. The van der Waals surface area contributed by atoms with Gasteiger partial charge in [-0.2, -0.15) is 0 Å². The summed E-state index contributed by atoms with van der Waals surface area (Å²) in [5, 5.41) is 11.4. The molecule has 1 unspecified atom stereocenters. The van der Waals surface area contributed by atoms with Crippen molar-refractivity contribution in [1.82, 2.24) is 9.80 Å². The van der Waals surface area contributed by atoms with E-state index >= 15 is 0 Å². The molecule has 2 aliphatic heterocycles. The first-order valence-electron chi connectivity index (χ1n) is 11.4. The average molecular weight is 476 g/mol. The molecule has 2 aromatic rings. The van der Waals surface area contributed by atoms with Crippen molar-refractivity contribution in [3.05, 3.63) is 77.9 Å². The number of anilines is 1. The largest absolute Gasteiger partial charge is 0.507 e. The Balaban J connectivity index is 1.98. The number of carbonyl (C=O) groups excluding carboxylic acids is 3. The lowest BCUT2D eigenvalue weighted by atomic mass is 9.82. The van der Waals surface area contributed by atoms with E-state index in [9.17, 15) is 19.5 Å². The normalized spacial score (nSPS) is 20.7. The highest BCUT2D eigenvalue weighted by molar-refractivity contribution is 6.50. The van der Waals surface area contributed by atoms with Crippen LogP contribution in [0, 0.1) is 0 Å². The van der Waals surface area contributed by atoms with Crippen molar-refractivity contribution in [2.75, 3.05) is 45.7 Å². The predicted molar refractivity (Wildman–Crippen MR) is 133 cm³/mol. The zero-order valence-electron chi connectivity index (χ0n) is 20.2. The van der Waals surface area contributed by atoms with E-state index in [0.29, 0.717) is 35.5 Å². The van der Waals surface area contributed by atoms with Crippen LogP contribution in [-0.2, 0) is 19.9 Å². The second kappa shape index (κ2) is 9.38. The van der Waals surface area contributed by atoms with Crippen molar-refractivity contribution in [1.29, 1.82) is 0 Å². The number of aliphatic hydroxyl groups is 1. The van der Waals surface area contributed by atoms with Crippen LogP contribution in [0.3, 0.4) is 0 Å². The molecule has 0 radical (unpaired) electrons. The number of methoxy groups -OCH3 is 1. The molecule has 1 atom stereocenters. The van der Waals surface area contributed by atoms with Gasteiger partial charge in [0.1, 0.15) is 11.5 Å². The Morgan fingerprint density at radius 2 is 1.80 bits per heavy atom. The van der Waals surface area contributed by atoms with Crippen LogP contribution in [0.1, 0.15) is 17.5 Å². The first-order valence-corrected chi connectivity index (χ1v) is 11.4. The monoisotopic (exact) mass is 475 g/mol. The van der Waals surface area contributed by atoms with Crippen molar-refractivity contribution in [2.24, 2.45) is 0 Å². The van der Waals surface area contributed by atoms with Crippen molar-refractivity contribution in [3.8, 4) is 5.75 Å². The van der Waals surface area contributed by atoms with Gasteiger partial charge in [-0.3, -0.25) is 14.4 Å². The topological polar surface area (TPSA) is 90.4 Å². The van der Waals surface area contributed by atoms with Gasteiger partial charge in [-0.05, 0) is 57.4 Å². The maximum absolute atomic E-state index is 14.2. The van der Waals surface area contributed by atoms with E-state index in [1.807, 2.05) is 19.0 Å². The minimum atomic E-state index is -1.76.